The van der Waals surface area contributed by atoms with E-state index in [1.807, 2.05) is 65.6 Å². The number of anilines is 1. The lowest BCUT2D eigenvalue weighted by Gasteiger charge is -2.38. The van der Waals surface area contributed by atoms with Gasteiger partial charge in [0.2, 0.25) is 0 Å². The van der Waals surface area contributed by atoms with Gasteiger partial charge in [0.15, 0.2) is 0 Å². The van der Waals surface area contributed by atoms with Crippen molar-refractivity contribution in [1.29, 1.82) is 0 Å². The molecule has 0 bridgehead atoms. The lowest BCUT2D eigenvalue weighted by molar-refractivity contribution is 0.0958. The molecule has 1 fully saturated rings. The summed E-state index contributed by atoms with van der Waals surface area (Å²) in [5.74, 6) is 0.402. The lowest BCUT2D eigenvalue weighted by atomic mass is 10.00. The molecule has 3 aromatic carbocycles. The second kappa shape index (κ2) is 9.14. The van der Waals surface area contributed by atoms with E-state index in [0.29, 0.717) is 5.75 Å². The number of likely N-dealkylation sites (tertiary alicyclic amines) is 1. The maximum absolute atomic E-state index is 13.4. The fraction of sp³-hybridized carbons (Fsp3) is 0.269. The second-order valence-corrected chi connectivity index (χ2v) is 8.01. The van der Waals surface area contributed by atoms with Gasteiger partial charge in [-0.3, -0.25) is 9.69 Å². The Hall–Kier alpha value is -3.11. The Bertz CT molecular complexity index is 977. The predicted octanol–water partition coefficient (Wildman–Crippen LogP) is 5.01. The van der Waals surface area contributed by atoms with Crippen molar-refractivity contribution in [2.45, 2.75) is 32.4 Å². The zero-order valence-electron chi connectivity index (χ0n) is 17.4. The third kappa shape index (κ3) is 4.55. The van der Waals surface area contributed by atoms with E-state index < -0.39 is 0 Å². The van der Waals surface area contributed by atoms with Gasteiger partial charge in [-0.2, -0.15) is 0 Å². The highest BCUT2D eigenvalue weighted by Gasteiger charge is 2.30. The van der Waals surface area contributed by atoms with E-state index in [1.54, 1.807) is 6.07 Å². The Balaban J connectivity index is 1.51. The molecule has 4 rings (SSSR count). The SMILES string of the molecule is Cc1ccc(N(C(=O)c2ccccc2)C2CCN(Cc3ccccc3O)CC2)cc1. The number of rotatable bonds is 5. The van der Waals surface area contributed by atoms with Crippen LogP contribution in [0.25, 0.3) is 0 Å². The molecule has 0 atom stereocenters. The maximum atomic E-state index is 13.4. The molecule has 0 saturated carbocycles. The quantitative estimate of drug-likeness (QED) is 0.655. The van der Waals surface area contributed by atoms with Gasteiger partial charge in [0.05, 0.1) is 0 Å². The van der Waals surface area contributed by atoms with Gasteiger partial charge >= 0.3 is 0 Å². The molecule has 30 heavy (non-hydrogen) atoms. The summed E-state index contributed by atoms with van der Waals surface area (Å²) in [5, 5.41) is 10.1. The molecular weight excluding hydrogens is 372 g/mol. The number of benzene rings is 3. The van der Waals surface area contributed by atoms with Crippen LogP contribution in [0, 0.1) is 6.92 Å². The summed E-state index contributed by atoms with van der Waals surface area (Å²) in [7, 11) is 0. The van der Waals surface area contributed by atoms with E-state index in [4.69, 9.17) is 0 Å². The van der Waals surface area contributed by atoms with E-state index in [1.165, 1.54) is 5.56 Å². The molecule has 4 nitrogen and oxygen atoms in total. The van der Waals surface area contributed by atoms with E-state index in [-0.39, 0.29) is 11.9 Å². The van der Waals surface area contributed by atoms with Crippen LogP contribution >= 0.6 is 0 Å². The maximum Gasteiger partial charge on any atom is 0.258 e. The standard InChI is InChI=1S/C26H28N2O2/c1-20-11-13-23(14-12-20)28(26(30)21-7-3-2-4-8-21)24-15-17-27(18-16-24)19-22-9-5-6-10-25(22)29/h2-14,24,29H,15-19H2,1H3. The first kappa shape index (κ1) is 20.2. The Labute approximate surface area is 178 Å². The number of carbonyl (C=O) groups is 1. The van der Waals surface area contributed by atoms with Crippen LogP contribution in [0.5, 0.6) is 5.75 Å². The van der Waals surface area contributed by atoms with E-state index in [9.17, 15) is 9.90 Å². The molecule has 1 N–H and O–H groups in total. The van der Waals surface area contributed by atoms with Crippen LogP contribution < -0.4 is 4.90 Å². The number of phenolic OH excluding ortho intramolecular Hbond substituents is 1. The van der Waals surface area contributed by atoms with Crippen LogP contribution in [-0.2, 0) is 6.54 Å². The first-order chi connectivity index (χ1) is 14.6. The minimum absolute atomic E-state index is 0.0543. The topological polar surface area (TPSA) is 43.8 Å². The predicted molar refractivity (Wildman–Crippen MR) is 121 cm³/mol. The fourth-order valence-corrected chi connectivity index (χ4v) is 4.14. The third-order valence-electron chi connectivity index (χ3n) is 5.86. The van der Waals surface area contributed by atoms with E-state index in [2.05, 4.69) is 24.0 Å². The molecule has 1 saturated heterocycles. The van der Waals surface area contributed by atoms with Crippen molar-refractivity contribution in [3.05, 3.63) is 95.6 Å². The zero-order chi connectivity index (χ0) is 20.9. The molecule has 0 aliphatic carbocycles. The molecule has 0 unspecified atom stereocenters. The first-order valence-electron chi connectivity index (χ1n) is 10.6. The van der Waals surface area contributed by atoms with Crippen molar-refractivity contribution in [2.75, 3.05) is 18.0 Å². The van der Waals surface area contributed by atoms with Crippen molar-refractivity contribution in [3.63, 3.8) is 0 Å². The van der Waals surface area contributed by atoms with Crippen LogP contribution in [0.3, 0.4) is 0 Å². The number of aryl methyl sites for hydroxylation is 1. The highest BCUT2D eigenvalue weighted by atomic mass is 16.3. The molecule has 1 heterocycles. The van der Waals surface area contributed by atoms with Gasteiger partial charge in [-0.1, -0.05) is 54.1 Å². The van der Waals surface area contributed by atoms with Gasteiger partial charge in [0, 0.05) is 42.5 Å². The van der Waals surface area contributed by atoms with Crippen molar-refractivity contribution in [1.82, 2.24) is 4.90 Å². The van der Waals surface area contributed by atoms with Gasteiger partial charge in [-0.05, 0) is 50.1 Å². The number of amides is 1. The summed E-state index contributed by atoms with van der Waals surface area (Å²) in [6.07, 6.45) is 1.81. The lowest BCUT2D eigenvalue weighted by Crippen LogP contribution is -2.47. The molecule has 3 aromatic rings. The van der Waals surface area contributed by atoms with E-state index in [0.717, 1.165) is 49.3 Å². The van der Waals surface area contributed by atoms with Crippen molar-refractivity contribution in [2.24, 2.45) is 0 Å². The van der Waals surface area contributed by atoms with Crippen LogP contribution in [-0.4, -0.2) is 35.0 Å². The summed E-state index contributed by atoms with van der Waals surface area (Å²) in [6, 6.07) is 25.4. The summed E-state index contributed by atoms with van der Waals surface area (Å²) in [6.45, 7) is 4.58. The van der Waals surface area contributed by atoms with Crippen LogP contribution in [0.2, 0.25) is 0 Å². The molecule has 0 aromatic heterocycles. The highest BCUT2D eigenvalue weighted by molar-refractivity contribution is 6.06. The normalized spacial score (nSPS) is 15.1. The smallest absolute Gasteiger partial charge is 0.258 e. The molecule has 0 spiro atoms. The minimum atomic E-state index is 0.0543. The van der Waals surface area contributed by atoms with Gasteiger partial charge in [0.25, 0.3) is 5.91 Å². The van der Waals surface area contributed by atoms with Crippen molar-refractivity contribution in [3.8, 4) is 5.75 Å². The van der Waals surface area contributed by atoms with Crippen LogP contribution in [0.15, 0.2) is 78.9 Å². The molecule has 1 amide bonds. The van der Waals surface area contributed by atoms with Gasteiger partial charge in [-0.25, -0.2) is 0 Å². The van der Waals surface area contributed by atoms with Gasteiger partial charge in [-0.15, -0.1) is 0 Å². The Morgan fingerprint density at radius 1 is 0.933 bits per heavy atom. The fourth-order valence-electron chi connectivity index (χ4n) is 4.14. The third-order valence-corrected chi connectivity index (χ3v) is 5.86. The summed E-state index contributed by atoms with van der Waals surface area (Å²) in [5.41, 5.74) is 3.80. The number of aromatic hydroxyl groups is 1. The number of hydrogen-bond acceptors (Lipinski definition) is 3. The van der Waals surface area contributed by atoms with Gasteiger partial charge in [0.1, 0.15) is 5.75 Å². The van der Waals surface area contributed by atoms with E-state index >= 15 is 0 Å². The number of hydrogen-bond donors (Lipinski definition) is 1. The largest absolute Gasteiger partial charge is 0.508 e. The number of phenols is 1. The Kier molecular flexibility index (Phi) is 6.15. The summed E-state index contributed by atoms with van der Waals surface area (Å²) >= 11 is 0. The van der Waals surface area contributed by atoms with Crippen molar-refractivity contribution < 1.29 is 9.90 Å². The zero-order valence-corrected chi connectivity index (χ0v) is 17.4. The number of nitrogens with zero attached hydrogens (tertiary/aromatic N) is 2. The molecular formula is C26H28N2O2. The number of carbonyl (C=O) groups excluding carboxylic acids is 1. The summed E-state index contributed by atoms with van der Waals surface area (Å²) in [4.78, 5) is 17.8. The molecule has 1 aliphatic heterocycles. The van der Waals surface area contributed by atoms with Crippen molar-refractivity contribution >= 4 is 11.6 Å². The number of para-hydroxylation sites is 1. The first-order valence-corrected chi connectivity index (χ1v) is 10.6. The molecule has 1 aliphatic rings. The molecule has 0 radical (unpaired) electrons. The average molecular weight is 401 g/mol. The summed E-state index contributed by atoms with van der Waals surface area (Å²) < 4.78 is 0. The minimum Gasteiger partial charge on any atom is -0.508 e. The van der Waals surface area contributed by atoms with Gasteiger partial charge < -0.3 is 10.0 Å². The molecule has 4 heteroatoms. The monoisotopic (exact) mass is 400 g/mol. The second-order valence-electron chi connectivity index (χ2n) is 8.01. The van der Waals surface area contributed by atoms with Crippen LogP contribution in [0.1, 0.15) is 34.3 Å². The number of piperidine rings is 1. The van der Waals surface area contributed by atoms with Crippen LogP contribution in [0.4, 0.5) is 5.69 Å². The molecule has 154 valence electrons. The highest BCUT2D eigenvalue weighted by Crippen LogP contribution is 2.28. The average Bonchev–Trinajstić information content (AvgIpc) is 2.78. The Morgan fingerprint density at radius 2 is 1.57 bits per heavy atom. The Morgan fingerprint density at radius 3 is 2.23 bits per heavy atom.